The molecule has 0 aliphatic heterocycles. The molecule has 8 heteroatoms. The molecule has 114 valence electrons. The standard InChI is InChI=1S/C13H17N3O5/c1-2-6-14-11(13(18)19)8-12(17)15-9-4-3-5-10(7-9)16(20)21/h3-5,7,11,14H,2,6,8H2,1H3,(H,15,17)(H,18,19). The Bertz CT molecular complexity index is 532. The molecule has 0 saturated heterocycles. The summed E-state index contributed by atoms with van der Waals surface area (Å²) in [6.07, 6.45) is 0.494. The van der Waals surface area contributed by atoms with Crippen molar-refractivity contribution < 1.29 is 19.6 Å². The van der Waals surface area contributed by atoms with E-state index in [1.165, 1.54) is 24.3 Å². The maximum absolute atomic E-state index is 11.8. The van der Waals surface area contributed by atoms with E-state index in [1.807, 2.05) is 6.92 Å². The molecule has 1 unspecified atom stereocenters. The van der Waals surface area contributed by atoms with Gasteiger partial charge < -0.3 is 15.7 Å². The lowest BCUT2D eigenvalue weighted by atomic mass is 10.2. The molecule has 0 bridgehead atoms. The number of nitro groups is 1. The maximum Gasteiger partial charge on any atom is 0.321 e. The van der Waals surface area contributed by atoms with Crippen LogP contribution in [0.2, 0.25) is 0 Å². The number of carbonyl (C=O) groups is 2. The lowest BCUT2D eigenvalue weighted by Gasteiger charge is -2.13. The van der Waals surface area contributed by atoms with Crippen LogP contribution in [0.25, 0.3) is 0 Å². The number of nitrogens with one attached hydrogen (secondary N) is 2. The van der Waals surface area contributed by atoms with Gasteiger partial charge in [-0.05, 0) is 19.0 Å². The SMILES string of the molecule is CCCNC(CC(=O)Nc1cccc([N+](=O)[O-])c1)C(=O)O. The number of aliphatic carboxylic acids is 1. The van der Waals surface area contributed by atoms with Gasteiger partial charge >= 0.3 is 5.97 Å². The first-order valence-electron chi connectivity index (χ1n) is 6.44. The Balaban J connectivity index is 2.65. The van der Waals surface area contributed by atoms with Crippen LogP contribution in [0.3, 0.4) is 0 Å². The van der Waals surface area contributed by atoms with Gasteiger partial charge in [0.15, 0.2) is 0 Å². The molecule has 0 aliphatic carbocycles. The Morgan fingerprint density at radius 1 is 1.43 bits per heavy atom. The number of hydrogen-bond donors (Lipinski definition) is 3. The average Bonchev–Trinajstić information content (AvgIpc) is 2.43. The molecule has 21 heavy (non-hydrogen) atoms. The highest BCUT2D eigenvalue weighted by Crippen LogP contribution is 2.17. The third kappa shape index (κ3) is 5.57. The number of rotatable bonds is 8. The van der Waals surface area contributed by atoms with Crippen LogP contribution >= 0.6 is 0 Å². The molecule has 0 radical (unpaired) electrons. The number of carboxylic acid groups (broad SMARTS) is 1. The van der Waals surface area contributed by atoms with E-state index in [9.17, 15) is 19.7 Å². The average molecular weight is 295 g/mol. The fourth-order valence-corrected chi connectivity index (χ4v) is 1.66. The van der Waals surface area contributed by atoms with Crippen molar-refractivity contribution in [2.75, 3.05) is 11.9 Å². The second-order valence-corrected chi connectivity index (χ2v) is 4.40. The van der Waals surface area contributed by atoms with E-state index in [-0.39, 0.29) is 17.8 Å². The zero-order valence-corrected chi connectivity index (χ0v) is 11.5. The number of carboxylic acids is 1. The van der Waals surface area contributed by atoms with Gasteiger partial charge in [0.05, 0.1) is 11.3 Å². The third-order valence-electron chi connectivity index (χ3n) is 2.67. The van der Waals surface area contributed by atoms with Crippen LogP contribution in [-0.2, 0) is 9.59 Å². The molecule has 0 aromatic heterocycles. The fourth-order valence-electron chi connectivity index (χ4n) is 1.66. The summed E-state index contributed by atoms with van der Waals surface area (Å²) in [5.74, 6) is -1.64. The van der Waals surface area contributed by atoms with E-state index in [2.05, 4.69) is 10.6 Å². The van der Waals surface area contributed by atoms with Crippen molar-refractivity contribution in [3.05, 3.63) is 34.4 Å². The Hall–Kier alpha value is -2.48. The van der Waals surface area contributed by atoms with Crippen LogP contribution in [0.1, 0.15) is 19.8 Å². The van der Waals surface area contributed by atoms with E-state index in [1.54, 1.807) is 0 Å². The van der Waals surface area contributed by atoms with E-state index in [4.69, 9.17) is 5.11 Å². The zero-order chi connectivity index (χ0) is 15.8. The lowest BCUT2D eigenvalue weighted by Crippen LogP contribution is -2.40. The zero-order valence-electron chi connectivity index (χ0n) is 11.5. The van der Waals surface area contributed by atoms with Crippen LogP contribution < -0.4 is 10.6 Å². The number of nitro benzene ring substituents is 1. The molecule has 0 saturated carbocycles. The van der Waals surface area contributed by atoms with Crippen molar-refractivity contribution in [2.24, 2.45) is 0 Å². The van der Waals surface area contributed by atoms with Gasteiger partial charge in [-0.3, -0.25) is 19.7 Å². The van der Waals surface area contributed by atoms with Gasteiger partial charge in [0, 0.05) is 17.8 Å². The highest BCUT2D eigenvalue weighted by atomic mass is 16.6. The van der Waals surface area contributed by atoms with Crippen LogP contribution in [0.15, 0.2) is 24.3 Å². The molecule has 1 aromatic carbocycles. The summed E-state index contributed by atoms with van der Waals surface area (Å²) in [6.45, 7) is 2.37. The lowest BCUT2D eigenvalue weighted by molar-refractivity contribution is -0.384. The van der Waals surface area contributed by atoms with Gasteiger partial charge in [-0.25, -0.2) is 0 Å². The number of hydrogen-bond acceptors (Lipinski definition) is 5. The second-order valence-electron chi connectivity index (χ2n) is 4.40. The highest BCUT2D eigenvalue weighted by Gasteiger charge is 2.20. The van der Waals surface area contributed by atoms with Crippen molar-refractivity contribution in [1.29, 1.82) is 0 Å². The number of anilines is 1. The predicted octanol–water partition coefficient (Wildman–Crippen LogP) is 1.38. The Morgan fingerprint density at radius 3 is 2.71 bits per heavy atom. The van der Waals surface area contributed by atoms with Crippen molar-refractivity contribution >= 4 is 23.3 Å². The number of carbonyl (C=O) groups excluding carboxylic acids is 1. The van der Waals surface area contributed by atoms with Crippen LogP contribution in [0, 0.1) is 10.1 Å². The third-order valence-corrected chi connectivity index (χ3v) is 2.67. The molecule has 0 aliphatic rings. The van der Waals surface area contributed by atoms with Crippen LogP contribution in [-0.4, -0.2) is 34.5 Å². The highest BCUT2D eigenvalue weighted by molar-refractivity contribution is 5.94. The maximum atomic E-state index is 11.8. The minimum absolute atomic E-state index is 0.147. The topological polar surface area (TPSA) is 122 Å². The molecule has 0 fully saturated rings. The van der Waals surface area contributed by atoms with Crippen LogP contribution in [0.5, 0.6) is 0 Å². The monoisotopic (exact) mass is 295 g/mol. The second kappa shape index (κ2) is 7.95. The number of non-ortho nitro benzene ring substituents is 1. The molecular formula is C13H17N3O5. The van der Waals surface area contributed by atoms with Gasteiger partial charge in [-0.2, -0.15) is 0 Å². The summed E-state index contributed by atoms with van der Waals surface area (Å²) in [5.41, 5.74) is 0.112. The van der Waals surface area contributed by atoms with Crippen molar-refractivity contribution in [2.45, 2.75) is 25.8 Å². The summed E-state index contributed by atoms with van der Waals surface area (Å²) in [7, 11) is 0. The fraction of sp³-hybridized carbons (Fsp3) is 0.385. The predicted molar refractivity (Wildman–Crippen MR) is 76.1 cm³/mol. The number of nitrogens with zero attached hydrogens (tertiary/aromatic N) is 1. The molecule has 8 nitrogen and oxygen atoms in total. The minimum atomic E-state index is -1.11. The molecule has 0 heterocycles. The molecule has 1 amide bonds. The number of benzene rings is 1. The molecule has 3 N–H and O–H groups in total. The van der Waals surface area contributed by atoms with E-state index in [0.717, 1.165) is 6.42 Å². The quantitative estimate of drug-likeness (QED) is 0.492. The Kier molecular flexibility index (Phi) is 6.28. The summed E-state index contributed by atoms with van der Waals surface area (Å²) in [4.78, 5) is 32.9. The molecule has 0 spiro atoms. The summed E-state index contributed by atoms with van der Waals surface area (Å²) in [6, 6.07) is 4.48. The van der Waals surface area contributed by atoms with Gasteiger partial charge in [-0.1, -0.05) is 13.0 Å². The minimum Gasteiger partial charge on any atom is -0.480 e. The van der Waals surface area contributed by atoms with Crippen LogP contribution in [0.4, 0.5) is 11.4 Å². The largest absolute Gasteiger partial charge is 0.480 e. The van der Waals surface area contributed by atoms with Crippen molar-refractivity contribution in [3.63, 3.8) is 0 Å². The molecule has 1 atom stereocenters. The summed E-state index contributed by atoms with van der Waals surface area (Å²) < 4.78 is 0. The van der Waals surface area contributed by atoms with E-state index in [0.29, 0.717) is 6.54 Å². The van der Waals surface area contributed by atoms with Gasteiger partial charge in [-0.15, -0.1) is 0 Å². The molecule has 1 rings (SSSR count). The van der Waals surface area contributed by atoms with Gasteiger partial charge in [0.25, 0.3) is 5.69 Å². The van der Waals surface area contributed by atoms with E-state index >= 15 is 0 Å². The molecule has 1 aromatic rings. The Morgan fingerprint density at radius 2 is 2.14 bits per heavy atom. The first kappa shape index (κ1) is 16.6. The first-order valence-corrected chi connectivity index (χ1v) is 6.44. The normalized spacial score (nSPS) is 11.7. The van der Waals surface area contributed by atoms with Crippen molar-refractivity contribution in [3.8, 4) is 0 Å². The van der Waals surface area contributed by atoms with Gasteiger partial charge in [0.2, 0.25) is 5.91 Å². The summed E-state index contributed by atoms with van der Waals surface area (Å²) in [5, 5.41) is 24.8. The van der Waals surface area contributed by atoms with E-state index < -0.39 is 22.8 Å². The Labute approximate surface area is 121 Å². The van der Waals surface area contributed by atoms with Crippen molar-refractivity contribution in [1.82, 2.24) is 5.32 Å². The first-order chi connectivity index (χ1) is 9.93. The number of amides is 1. The molecular weight excluding hydrogens is 278 g/mol. The smallest absolute Gasteiger partial charge is 0.321 e. The van der Waals surface area contributed by atoms with Gasteiger partial charge in [0.1, 0.15) is 6.04 Å². The summed E-state index contributed by atoms with van der Waals surface area (Å²) >= 11 is 0.